The second-order valence-corrected chi connectivity index (χ2v) is 5.82. The van der Waals surface area contributed by atoms with E-state index in [9.17, 15) is 0 Å². The van der Waals surface area contributed by atoms with Crippen LogP contribution in [0.25, 0.3) is 0 Å². The molecule has 1 aliphatic rings. The molecule has 2 aromatic heterocycles. The van der Waals surface area contributed by atoms with Gasteiger partial charge in [0.05, 0.1) is 6.04 Å². The predicted molar refractivity (Wildman–Crippen MR) is 80.2 cm³/mol. The molecule has 3 rings (SSSR count). The molecule has 1 saturated heterocycles. The summed E-state index contributed by atoms with van der Waals surface area (Å²) in [4.78, 5) is 18.8. The average molecular weight is 324 g/mol. The summed E-state index contributed by atoms with van der Waals surface area (Å²) in [5.41, 5.74) is 5.63. The Hall–Kier alpha value is -1.80. The number of nitrogen functional groups attached to an aromatic ring is 1. The van der Waals surface area contributed by atoms with Gasteiger partial charge in [-0.15, -0.1) is 0 Å². The topological polar surface area (TPSA) is 107 Å². The number of aromatic nitrogens is 5. The third-order valence-electron chi connectivity index (χ3n) is 3.99. The lowest BCUT2D eigenvalue weighted by Crippen LogP contribution is -2.36. The van der Waals surface area contributed by atoms with Crippen molar-refractivity contribution in [3.63, 3.8) is 0 Å². The maximum atomic E-state index is 5.85. The van der Waals surface area contributed by atoms with Crippen molar-refractivity contribution in [1.82, 2.24) is 30.0 Å². The molecule has 8 nitrogen and oxygen atoms in total. The van der Waals surface area contributed by atoms with E-state index in [0.717, 1.165) is 31.8 Å². The molecule has 0 radical (unpaired) electrons. The molecule has 22 heavy (non-hydrogen) atoms. The van der Waals surface area contributed by atoms with Crippen LogP contribution < -0.4 is 5.73 Å². The molecule has 0 spiro atoms. The van der Waals surface area contributed by atoms with E-state index in [2.05, 4.69) is 30.0 Å². The van der Waals surface area contributed by atoms with E-state index < -0.39 is 0 Å². The quantitative estimate of drug-likeness (QED) is 0.910. The Kier molecular flexibility index (Phi) is 4.21. The van der Waals surface area contributed by atoms with E-state index >= 15 is 0 Å². The summed E-state index contributed by atoms with van der Waals surface area (Å²) in [6, 6.07) is 0.0353. The Morgan fingerprint density at radius 2 is 1.95 bits per heavy atom. The highest BCUT2D eigenvalue weighted by atomic mass is 35.5. The Bertz CT molecular complexity index is 633. The second kappa shape index (κ2) is 6.13. The van der Waals surface area contributed by atoms with Gasteiger partial charge in [0.2, 0.25) is 17.1 Å². The lowest BCUT2D eigenvalue weighted by atomic mass is 9.95. The lowest BCUT2D eigenvalue weighted by Gasteiger charge is -2.34. The van der Waals surface area contributed by atoms with Crippen molar-refractivity contribution < 1.29 is 4.52 Å². The smallest absolute Gasteiger partial charge is 0.229 e. The molecule has 9 heteroatoms. The minimum absolute atomic E-state index is 0.0353. The van der Waals surface area contributed by atoms with Crippen LogP contribution in [0.1, 0.15) is 49.3 Å². The Balaban J connectivity index is 1.65. The third kappa shape index (κ3) is 3.17. The van der Waals surface area contributed by atoms with Gasteiger partial charge in [0.25, 0.3) is 0 Å². The highest BCUT2D eigenvalue weighted by molar-refractivity contribution is 6.28. The molecule has 3 heterocycles. The van der Waals surface area contributed by atoms with Crippen molar-refractivity contribution in [2.45, 2.75) is 38.6 Å². The number of halogens is 1. The van der Waals surface area contributed by atoms with E-state index in [-0.39, 0.29) is 17.3 Å². The fraction of sp³-hybridized carbons (Fsp3) is 0.615. The standard InChI is InChI=1S/C13H18ClN7O/c1-7(10-17-12(14)19-13(15)18-10)21-5-3-9(4-6-21)11-16-8(2)20-22-11/h7,9H,3-6H2,1-2H3,(H2,15,17,18,19)/t7-/m0/s1. The van der Waals surface area contributed by atoms with Gasteiger partial charge in [-0.05, 0) is 51.4 Å². The maximum absolute atomic E-state index is 5.85. The molecule has 2 N–H and O–H groups in total. The number of hydrogen-bond donors (Lipinski definition) is 1. The average Bonchev–Trinajstić information content (AvgIpc) is 2.92. The molecule has 1 aliphatic heterocycles. The first-order valence-corrected chi connectivity index (χ1v) is 7.62. The normalized spacial score (nSPS) is 18.5. The summed E-state index contributed by atoms with van der Waals surface area (Å²) in [7, 11) is 0. The van der Waals surface area contributed by atoms with Crippen molar-refractivity contribution in [1.29, 1.82) is 0 Å². The minimum atomic E-state index is 0.0353. The van der Waals surface area contributed by atoms with E-state index in [1.165, 1.54) is 0 Å². The first-order chi connectivity index (χ1) is 10.5. The fourth-order valence-electron chi connectivity index (χ4n) is 2.74. The van der Waals surface area contributed by atoms with Crippen molar-refractivity contribution >= 4 is 17.5 Å². The summed E-state index contributed by atoms with van der Waals surface area (Å²) >= 11 is 5.85. The fourth-order valence-corrected chi connectivity index (χ4v) is 2.92. The van der Waals surface area contributed by atoms with Crippen LogP contribution in [0.2, 0.25) is 5.28 Å². The van der Waals surface area contributed by atoms with Crippen LogP contribution in [0, 0.1) is 6.92 Å². The molecule has 0 unspecified atom stereocenters. The molecule has 1 atom stereocenters. The monoisotopic (exact) mass is 323 g/mol. The van der Waals surface area contributed by atoms with Crippen LogP contribution in [0.4, 0.5) is 5.95 Å². The van der Waals surface area contributed by atoms with Crippen molar-refractivity contribution in [2.75, 3.05) is 18.8 Å². The third-order valence-corrected chi connectivity index (χ3v) is 4.16. The van der Waals surface area contributed by atoms with Gasteiger partial charge in [-0.3, -0.25) is 4.90 Å². The zero-order valence-electron chi connectivity index (χ0n) is 12.5. The van der Waals surface area contributed by atoms with Gasteiger partial charge >= 0.3 is 0 Å². The van der Waals surface area contributed by atoms with Crippen LogP contribution in [-0.2, 0) is 0 Å². The molecule has 1 fully saturated rings. The van der Waals surface area contributed by atoms with E-state index in [1.807, 2.05) is 13.8 Å². The number of rotatable bonds is 3. The molecule has 0 saturated carbocycles. The molecule has 0 bridgehead atoms. The molecule has 2 aromatic rings. The highest BCUT2D eigenvalue weighted by Gasteiger charge is 2.28. The predicted octanol–water partition coefficient (Wildman–Crippen LogP) is 1.74. The van der Waals surface area contributed by atoms with Crippen molar-refractivity contribution in [3.8, 4) is 0 Å². The molecule has 0 aromatic carbocycles. The van der Waals surface area contributed by atoms with Crippen LogP contribution >= 0.6 is 11.6 Å². The Morgan fingerprint density at radius 1 is 1.23 bits per heavy atom. The summed E-state index contributed by atoms with van der Waals surface area (Å²) < 4.78 is 5.27. The lowest BCUT2D eigenvalue weighted by molar-refractivity contribution is 0.146. The SMILES string of the molecule is Cc1noc(C2CCN([C@@H](C)c3nc(N)nc(Cl)n3)CC2)n1. The molecular weight excluding hydrogens is 306 g/mol. The van der Waals surface area contributed by atoms with Gasteiger partial charge < -0.3 is 10.3 Å². The molecule has 0 amide bonds. The summed E-state index contributed by atoms with van der Waals surface area (Å²) in [5.74, 6) is 2.48. The van der Waals surface area contributed by atoms with E-state index in [1.54, 1.807) is 0 Å². The first kappa shape index (κ1) is 15.1. The molecular formula is C13H18ClN7O. The molecule has 0 aliphatic carbocycles. The van der Waals surface area contributed by atoms with Gasteiger partial charge in [0.1, 0.15) is 0 Å². The van der Waals surface area contributed by atoms with Gasteiger partial charge in [-0.25, -0.2) is 4.98 Å². The van der Waals surface area contributed by atoms with Gasteiger partial charge in [-0.2, -0.15) is 15.0 Å². The number of aryl methyl sites for hydroxylation is 1. The number of likely N-dealkylation sites (tertiary alicyclic amines) is 1. The van der Waals surface area contributed by atoms with Crippen molar-refractivity contribution in [3.05, 3.63) is 22.8 Å². The van der Waals surface area contributed by atoms with Gasteiger partial charge in [0, 0.05) is 5.92 Å². The minimum Gasteiger partial charge on any atom is -0.368 e. The van der Waals surface area contributed by atoms with Gasteiger partial charge in [-0.1, -0.05) is 5.16 Å². The summed E-state index contributed by atoms with van der Waals surface area (Å²) in [5, 5.41) is 3.99. The van der Waals surface area contributed by atoms with Crippen molar-refractivity contribution in [2.24, 2.45) is 0 Å². The van der Waals surface area contributed by atoms with Crippen LogP contribution in [0.5, 0.6) is 0 Å². The summed E-state index contributed by atoms with van der Waals surface area (Å²) in [6.45, 7) is 5.67. The number of nitrogens with two attached hydrogens (primary N) is 1. The highest BCUT2D eigenvalue weighted by Crippen LogP contribution is 2.30. The van der Waals surface area contributed by atoms with Crippen LogP contribution in [-0.4, -0.2) is 43.1 Å². The van der Waals surface area contributed by atoms with E-state index in [4.69, 9.17) is 21.9 Å². The van der Waals surface area contributed by atoms with Crippen LogP contribution in [0.3, 0.4) is 0 Å². The zero-order valence-corrected chi connectivity index (χ0v) is 13.3. The van der Waals surface area contributed by atoms with Gasteiger partial charge in [0.15, 0.2) is 11.6 Å². The number of piperidine rings is 1. The number of hydrogen-bond acceptors (Lipinski definition) is 8. The number of anilines is 1. The van der Waals surface area contributed by atoms with Crippen LogP contribution in [0.15, 0.2) is 4.52 Å². The Labute approximate surface area is 133 Å². The maximum Gasteiger partial charge on any atom is 0.229 e. The second-order valence-electron chi connectivity index (χ2n) is 5.49. The Morgan fingerprint density at radius 3 is 2.55 bits per heavy atom. The molecule has 118 valence electrons. The summed E-state index contributed by atoms with van der Waals surface area (Å²) in [6.07, 6.45) is 1.92. The first-order valence-electron chi connectivity index (χ1n) is 7.24. The zero-order chi connectivity index (χ0) is 15.7. The largest absolute Gasteiger partial charge is 0.368 e. The number of nitrogens with zero attached hydrogens (tertiary/aromatic N) is 6. The van der Waals surface area contributed by atoms with E-state index in [0.29, 0.717) is 17.6 Å².